The quantitative estimate of drug-likeness (QED) is 0.232. The Kier molecular flexibility index (Phi) is 5.56. The van der Waals surface area contributed by atoms with E-state index in [0.29, 0.717) is 17.8 Å². The first-order chi connectivity index (χ1) is 17.4. The van der Waals surface area contributed by atoms with E-state index < -0.39 is 0 Å². The molecule has 0 aliphatic carbocycles. The smallest absolute Gasteiger partial charge is 0.0663 e. The van der Waals surface area contributed by atoms with Gasteiger partial charge in [0.25, 0.3) is 0 Å². The van der Waals surface area contributed by atoms with Gasteiger partial charge in [-0.25, -0.2) is 0 Å². The largest absolute Gasteiger partial charge is 0.243 e. The first kappa shape index (κ1) is 23.1. The Hall–Kier alpha value is -3.32. The van der Waals surface area contributed by atoms with Crippen LogP contribution in [0, 0.1) is 0 Å². The van der Waals surface area contributed by atoms with Gasteiger partial charge in [-0.05, 0) is 67.1 Å². The number of fused-ring (bicyclic) bond motifs is 4. The Bertz CT molecular complexity index is 1590. The first-order valence-corrected chi connectivity index (χ1v) is 13.6. The van der Waals surface area contributed by atoms with Crippen LogP contribution in [-0.4, -0.2) is 6.71 Å². The summed E-state index contributed by atoms with van der Waals surface area (Å²) in [7, 11) is 0. The van der Waals surface area contributed by atoms with E-state index in [1.165, 1.54) is 65.8 Å². The third kappa shape index (κ3) is 3.44. The van der Waals surface area contributed by atoms with Crippen LogP contribution < -0.4 is 16.4 Å². The lowest BCUT2D eigenvalue weighted by Crippen LogP contribution is -2.57. The molecule has 0 nitrogen and oxygen atoms in total. The zero-order valence-corrected chi connectivity index (χ0v) is 22.4. The standard InChI is InChI=1S/C35H35B/c1-21(2)26-19-29(22(3)4)35(30(20-26)23(5)6)36-31-16-10-13-25-12-9-15-28(33(25)31)34-27-14-8-7-11-24(27)17-18-32(34)36/h7-23H,1-6H3. The van der Waals surface area contributed by atoms with E-state index in [-0.39, 0.29) is 6.71 Å². The van der Waals surface area contributed by atoms with Crippen LogP contribution in [0.5, 0.6) is 0 Å². The molecule has 36 heavy (non-hydrogen) atoms. The molecule has 0 spiro atoms. The number of hydrogen-bond donors (Lipinski definition) is 0. The predicted molar refractivity (Wildman–Crippen MR) is 160 cm³/mol. The van der Waals surface area contributed by atoms with Crippen LogP contribution in [-0.2, 0) is 0 Å². The van der Waals surface area contributed by atoms with Gasteiger partial charge in [0.15, 0.2) is 0 Å². The van der Waals surface area contributed by atoms with Crippen LogP contribution in [0.15, 0.2) is 84.9 Å². The van der Waals surface area contributed by atoms with E-state index in [4.69, 9.17) is 0 Å². The van der Waals surface area contributed by atoms with E-state index in [1.807, 2.05) is 0 Å². The molecule has 5 aromatic rings. The predicted octanol–water partition coefficient (Wildman–Crippen LogP) is 7.86. The second-order valence-corrected chi connectivity index (χ2v) is 11.5. The van der Waals surface area contributed by atoms with Gasteiger partial charge < -0.3 is 0 Å². The van der Waals surface area contributed by atoms with Gasteiger partial charge >= 0.3 is 0 Å². The second kappa shape index (κ2) is 8.66. The van der Waals surface area contributed by atoms with Crippen molar-refractivity contribution in [1.29, 1.82) is 0 Å². The molecule has 0 unspecified atom stereocenters. The van der Waals surface area contributed by atoms with Crippen molar-refractivity contribution in [3.8, 4) is 11.1 Å². The minimum Gasteiger partial charge on any atom is -0.0663 e. The van der Waals surface area contributed by atoms with Crippen molar-refractivity contribution in [3.63, 3.8) is 0 Å². The fraction of sp³-hybridized carbons (Fsp3) is 0.257. The average Bonchev–Trinajstić information content (AvgIpc) is 2.88. The SMILES string of the molecule is CC(C)c1cc(C(C)C)c(B2c3ccc4ccccc4c3-c3cccc4cccc2c34)c(C(C)C)c1. The number of rotatable bonds is 4. The maximum absolute atomic E-state index is 2.51. The summed E-state index contributed by atoms with van der Waals surface area (Å²) < 4.78 is 0. The van der Waals surface area contributed by atoms with Gasteiger partial charge in [-0.2, -0.15) is 0 Å². The lowest BCUT2D eigenvalue weighted by atomic mass is 9.32. The molecular formula is C35H35B. The van der Waals surface area contributed by atoms with Crippen LogP contribution in [0.25, 0.3) is 32.7 Å². The van der Waals surface area contributed by atoms with Crippen LogP contribution in [0.3, 0.4) is 0 Å². The zero-order valence-electron chi connectivity index (χ0n) is 22.4. The third-order valence-corrected chi connectivity index (χ3v) is 8.26. The van der Waals surface area contributed by atoms with Crippen LogP contribution in [0.4, 0.5) is 0 Å². The number of hydrogen-bond acceptors (Lipinski definition) is 0. The highest BCUT2D eigenvalue weighted by atomic mass is 14.2. The van der Waals surface area contributed by atoms with Crippen molar-refractivity contribution in [2.24, 2.45) is 0 Å². The molecule has 1 heteroatoms. The Morgan fingerprint density at radius 2 is 1.19 bits per heavy atom. The fourth-order valence-corrected chi connectivity index (χ4v) is 6.47. The van der Waals surface area contributed by atoms with Crippen molar-refractivity contribution >= 4 is 44.6 Å². The first-order valence-electron chi connectivity index (χ1n) is 13.6. The molecule has 0 aromatic heterocycles. The molecule has 0 atom stereocenters. The topological polar surface area (TPSA) is 0 Å². The molecule has 0 radical (unpaired) electrons. The maximum atomic E-state index is 2.51. The Morgan fingerprint density at radius 3 is 1.86 bits per heavy atom. The Morgan fingerprint density at radius 1 is 0.556 bits per heavy atom. The minimum absolute atomic E-state index is 0.221. The van der Waals surface area contributed by atoms with E-state index in [2.05, 4.69) is 126 Å². The molecule has 1 aliphatic rings. The van der Waals surface area contributed by atoms with Crippen molar-refractivity contribution < 1.29 is 0 Å². The highest BCUT2D eigenvalue weighted by Crippen LogP contribution is 2.36. The average molecular weight is 466 g/mol. The second-order valence-electron chi connectivity index (χ2n) is 11.5. The summed E-state index contributed by atoms with van der Waals surface area (Å²) in [6.07, 6.45) is 0. The number of benzene rings is 5. The van der Waals surface area contributed by atoms with Gasteiger partial charge in [0, 0.05) is 0 Å². The summed E-state index contributed by atoms with van der Waals surface area (Å²) in [5.74, 6) is 1.42. The summed E-state index contributed by atoms with van der Waals surface area (Å²) in [5.41, 5.74) is 11.7. The van der Waals surface area contributed by atoms with Crippen molar-refractivity contribution in [3.05, 3.63) is 102 Å². The highest BCUT2D eigenvalue weighted by Gasteiger charge is 2.36. The van der Waals surface area contributed by atoms with Crippen molar-refractivity contribution in [2.75, 3.05) is 0 Å². The monoisotopic (exact) mass is 466 g/mol. The summed E-state index contributed by atoms with van der Waals surface area (Å²) in [4.78, 5) is 0. The molecule has 1 heterocycles. The van der Waals surface area contributed by atoms with Gasteiger partial charge in [0.05, 0.1) is 0 Å². The molecule has 0 saturated carbocycles. The fourth-order valence-electron chi connectivity index (χ4n) is 6.47. The lowest BCUT2D eigenvalue weighted by Gasteiger charge is -2.33. The third-order valence-electron chi connectivity index (χ3n) is 8.26. The maximum Gasteiger partial charge on any atom is 0.243 e. The molecule has 0 amide bonds. The lowest BCUT2D eigenvalue weighted by molar-refractivity contribution is 0.812. The van der Waals surface area contributed by atoms with E-state index in [9.17, 15) is 0 Å². The van der Waals surface area contributed by atoms with Gasteiger partial charge in [-0.1, -0.05) is 143 Å². The molecule has 0 saturated heterocycles. The Balaban J connectivity index is 1.81. The van der Waals surface area contributed by atoms with Crippen LogP contribution in [0.1, 0.15) is 76.0 Å². The summed E-state index contributed by atoms with van der Waals surface area (Å²) in [6.45, 7) is 14.3. The van der Waals surface area contributed by atoms with Crippen LogP contribution in [0.2, 0.25) is 0 Å². The van der Waals surface area contributed by atoms with E-state index in [0.717, 1.165) is 0 Å². The molecular weight excluding hydrogens is 431 g/mol. The van der Waals surface area contributed by atoms with Gasteiger partial charge in [0.2, 0.25) is 6.71 Å². The summed E-state index contributed by atoms with van der Waals surface area (Å²) in [5, 5.41) is 5.43. The molecule has 0 fully saturated rings. The zero-order chi connectivity index (χ0) is 25.1. The van der Waals surface area contributed by atoms with Crippen molar-refractivity contribution in [1.82, 2.24) is 0 Å². The van der Waals surface area contributed by atoms with Gasteiger partial charge in [-0.15, -0.1) is 0 Å². The van der Waals surface area contributed by atoms with Crippen LogP contribution >= 0.6 is 0 Å². The highest BCUT2D eigenvalue weighted by molar-refractivity contribution is 6.99. The molecule has 0 N–H and O–H groups in total. The molecule has 0 bridgehead atoms. The van der Waals surface area contributed by atoms with Gasteiger partial charge in [0.1, 0.15) is 0 Å². The normalized spacial score (nSPS) is 12.9. The van der Waals surface area contributed by atoms with Gasteiger partial charge in [-0.3, -0.25) is 0 Å². The summed E-state index contributed by atoms with van der Waals surface area (Å²) in [6, 6.07) is 32.5. The molecule has 5 aromatic carbocycles. The minimum atomic E-state index is 0.221. The van der Waals surface area contributed by atoms with Crippen molar-refractivity contribution in [2.45, 2.75) is 59.3 Å². The van der Waals surface area contributed by atoms with E-state index in [1.54, 1.807) is 0 Å². The Labute approximate surface area is 216 Å². The molecule has 178 valence electrons. The molecule has 6 rings (SSSR count). The summed E-state index contributed by atoms with van der Waals surface area (Å²) >= 11 is 0. The molecule has 1 aliphatic heterocycles. The van der Waals surface area contributed by atoms with E-state index >= 15 is 0 Å².